The van der Waals surface area contributed by atoms with Gasteiger partial charge in [0.25, 0.3) is 11.8 Å². The van der Waals surface area contributed by atoms with E-state index in [-0.39, 0.29) is 17.3 Å². The number of nitrogens with zero attached hydrogens (tertiary/aromatic N) is 2. The number of aromatic hydroxyl groups is 1. The van der Waals surface area contributed by atoms with Crippen LogP contribution in [0.4, 0.5) is 20.2 Å². The second-order valence-electron chi connectivity index (χ2n) is 6.49. The van der Waals surface area contributed by atoms with Gasteiger partial charge in [-0.3, -0.25) is 19.7 Å². The normalized spacial score (nSPS) is 10.9. The van der Waals surface area contributed by atoms with Gasteiger partial charge in [-0.15, -0.1) is 0 Å². The van der Waals surface area contributed by atoms with Gasteiger partial charge in [-0.05, 0) is 35.9 Å². The lowest BCUT2D eigenvalue weighted by Crippen LogP contribution is -2.20. The van der Waals surface area contributed by atoms with Crippen molar-refractivity contribution in [2.75, 3.05) is 11.9 Å². The van der Waals surface area contributed by atoms with Crippen LogP contribution in [0.3, 0.4) is 0 Å². The molecule has 0 bridgehead atoms. The molecule has 2 aromatic carbocycles. The Hall–Kier alpha value is -4.81. The van der Waals surface area contributed by atoms with E-state index < -0.39 is 41.2 Å². The van der Waals surface area contributed by atoms with Crippen LogP contribution in [0.5, 0.6) is 17.4 Å². The summed E-state index contributed by atoms with van der Waals surface area (Å²) in [5, 5.41) is 22.7. The van der Waals surface area contributed by atoms with Gasteiger partial charge in [0.15, 0.2) is 6.61 Å². The molecule has 3 aromatic rings. The minimum absolute atomic E-state index is 0.0702. The van der Waals surface area contributed by atoms with Crippen molar-refractivity contribution in [3.63, 3.8) is 0 Å². The van der Waals surface area contributed by atoms with Gasteiger partial charge in [0.1, 0.15) is 17.3 Å². The highest BCUT2D eigenvalue weighted by Gasteiger charge is 2.21. The third-order valence-electron chi connectivity index (χ3n) is 4.14. The number of amides is 1. The van der Waals surface area contributed by atoms with Crippen LogP contribution < -0.4 is 20.3 Å². The number of hydrogen-bond donors (Lipinski definition) is 3. The van der Waals surface area contributed by atoms with E-state index in [1.54, 1.807) is 30.3 Å². The zero-order chi connectivity index (χ0) is 24.7. The Kier molecular flexibility index (Phi) is 7.48. The Labute approximate surface area is 189 Å². The standard InChI is InChI=1S/C21H16F2N4O7/c22-21(23)34-15-4-2-1-3-14(15)24-17(28)11-33-13-8-5-12(6-9-13)7-10-16-25-19(29)18(27(31)32)20(30)26-16/h1-10,21H,11H2,(H,24,28)(H2,25,26,29,30)/b10-7+. The third-order valence-corrected chi connectivity index (χ3v) is 4.14. The van der Waals surface area contributed by atoms with Gasteiger partial charge in [-0.1, -0.05) is 30.3 Å². The predicted octanol–water partition coefficient (Wildman–Crippen LogP) is 3.17. The lowest BCUT2D eigenvalue weighted by atomic mass is 10.2. The van der Waals surface area contributed by atoms with Crippen LogP contribution >= 0.6 is 0 Å². The monoisotopic (exact) mass is 474 g/mol. The van der Waals surface area contributed by atoms with E-state index in [0.29, 0.717) is 11.3 Å². The number of H-pyrrole nitrogens is 1. The topological polar surface area (TPSA) is 157 Å². The molecule has 0 aliphatic heterocycles. The number of carbonyl (C=O) groups excluding carboxylic acids is 1. The van der Waals surface area contributed by atoms with Crippen molar-refractivity contribution in [3.05, 3.63) is 80.4 Å². The van der Waals surface area contributed by atoms with Crippen molar-refractivity contribution in [2.45, 2.75) is 6.61 Å². The summed E-state index contributed by atoms with van der Waals surface area (Å²) in [5.74, 6) is -1.54. The highest BCUT2D eigenvalue weighted by molar-refractivity contribution is 5.93. The van der Waals surface area contributed by atoms with E-state index in [4.69, 9.17) is 4.74 Å². The molecule has 13 heteroatoms. The Morgan fingerprint density at radius 1 is 1.21 bits per heavy atom. The maximum atomic E-state index is 12.5. The number of nitrogens with one attached hydrogen (secondary N) is 2. The number of nitro groups is 1. The number of rotatable bonds is 9. The third kappa shape index (κ3) is 6.35. The molecule has 0 atom stereocenters. The van der Waals surface area contributed by atoms with Gasteiger partial charge in [0.2, 0.25) is 0 Å². The summed E-state index contributed by atoms with van der Waals surface area (Å²) in [7, 11) is 0. The molecule has 0 saturated carbocycles. The van der Waals surface area contributed by atoms with E-state index in [9.17, 15) is 33.6 Å². The molecule has 1 amide bonds. The summed E-state index contributed by atoms with van der Waals surface area (Å²) in [6.07, 6.45) is 2.84. The maximum Gasteiger partial charge on any atom is 0.395 e. The van der Waals surface area contributed by atoms with Crippen molar-refractivity contribution < 1.29 is 33.1 Å². The molecule has 0 unspecified atom stereocenters. The van der Waals surface area contributed by atoms with Gasteiger partial charge in [0.05, 0.1) is 10.6 Å². The van der Waals surface area contributed by atoms with Crippen molar-refractivity contribution in [3.8, 4) is 17.4 Å². The zero-order valence-corrected chi connectivity index (χ0v) is 17.1. The quantitative estimate of drug-likeness (QED) is 0.315. The molecular weight excluding hydrogens is 458 g/mol. The first kappa shape index (κ1) is 23.8. The van der Waals surface area contributed by atoms with Gasteiger partial charge in [0, 0.05) is 0 Å². The van der Waals surface area contributed by atoms with Crippen LogP contribution in [0, 0.1) is 10.1 Å². The summed E-state index contributed by atoms with van der Waals surface area (Å²) >= 11 is 0. The van der Waals surface area contributed by atoms with Gasteiger partial charge in [-0.2, -0.15) is 13.8 Å². The van der Waals surface area contributed by atoms with Crippen LogP contribution in [0.25, 0.3) is 12.2 Å². The largest absolute Gasteiger partial charge is 0.488 e. The van der Waals surface area contributed by atoms with E-state index in [2.05, 4.69) is 20.0 Å². The Morgan fingerprint density at radius 2 is 1.91 bits per heavy atom. The SMILES string of the molecule is O=C(COc1ccc(/C=C/c2nc(O)c([N+](=O)[O-])c(=O)[nH]2)cc1)Nc1ccccc1OC(F)F. The number of carbonyl (C=O) groups is 1. The Balaban J connectivity index is 1.58. The molecule has 0 spiro atoms. The number of benzene rings is 2. The minimum Gasteiger partial charge on any atom is -0.488 e. The first-order chi connectivity index (χ1) is 16.2. The lowest BCUT2D eigenvalue weighted by molar-refractivity contribution is -0.387. The lowest BCUT2D eigenvalue weighted by Gasteiger charge is -2.12. The molecule has 34 heavy (non-hydrogen) atoms. The zero-order valence-electron chi connectivity index (χ0n) is 17.1. The van der Waals surface area contributed by atoms with E-state index >= 15 is 0 Å². The molecule has 11 nitrogen and oxygen atoms in total. The summed E-state index contributed by atoms with van der Waals surface area (Å²) in [4.78, 5) is 39.1. The molecule has 176 valence electrons. The Bertz CT molecular complexity index is 1280. The Morgan fingerprint density at radius 3 is 2.56 bits per heavy atom. The molecule has 0 radical (unpaired) electrons. The number of anilines is 1. The van der Waals surface area contributed by atoms with Crippen LogP contribution in [0.2, 0.25) is 0 Å². The minimum atomic E-state index is -3.04. The number of ether oxygens (including phenoxy) is 2. The summed E-state index contributed by atoms with van der Waals surface area (Å²) in [6.45, 7) is -3.44. The molecule has 0 aliphatic carbocycles. The maximum absolute atomic E-state index is 12.5. The predicted molar refractivity (Wildman–Crippen MR) is 116 cm³/mol. The average Bonchev–Trinajstić information content (AvgIpc) is 2.77. The fraction of sp³-hybridized carbons (Fsp3) is 0.0952. The van der Waals surface area contributed by atoms with Crippen LogP contribution in [-0.2, 0) is 4.79 Å². The van der Waals surface area contributed by atoms with Gasteiger partial charge >= 0.3 is 17.9 Å². The van der Waals surface area contributed by atoms with Crippen molar-refractivity contribution in [1.29, 1.82) is 0 Å². The average molecular weight is 474 g/mol. The van der Waals surface area contributed by atoms with E-state index in [0.717, 1.165) is 0 Å². The first-order valence-corrected chi connectivity index (χ1v) is 9.45. The highest BCUT2D eigenvalue weighted by Crippen LogP contribution is 2.25. The molecule has 3 rings (SSSR count). The van der Waals surface area contributed by atoms with Crippen LogP contribution in [-0.4, -0.2) is 39.1 Å². The molecule has 0 aliphatic rings. The summed E-state index contributed by atoms with van der Waals surface area (Å²) in [5.41, 5.74) is -1.45. The molecule has 1 heterocycles. The van der Waals surface area contributed by atoms with Gasteiger partial charge < -0.3 is 24.9 Å². The number of para-hydroxylation sites is 2. The number of hydrogen-bond acceptors (Lipinski definition) is 8. The second-order valence-corrected chi connectivity index (χ2v) is 6.49. The molecule has 0 fully saturated rings. The first-order valence-electron chi connectivity index (χ1n) is 9.45. The fourth-order valence-corrected chi connectivity index (χ4v) is 2.67. The molecule has 3 N–H and O–H groups in total. The van der Waals surface area contributed by atoms with Crippen molar-refractivity contribution >= 4 is 29.4 Å². The van der Waals surface area contributed by atoms with Crippen molar-refractivity contribution in [2.24, 2.45) is 0 Å². The van der Waals surface area contributed by atoms with Crippen LogP contribution in [0.15, 0.2) is 53.3 Å². The summed E-state index contributed by atoms with van der Waals surface area (Å²) in [6, 6.07) is 12.0. The smallest absolute Gasteiger partial charge is 0.395 e. The highest BCUT2D eigenvalue weighted by atomic mass is 19.3. The molecular formula is C21H16F2N4O7. The van der Waals surface area contributed by atoms with Crippen molar-refractivity contribution in [1.82, 2.24) is 9.97 Å². The fourth-order valence-electron chi connectivity index (χ4n) is 2.67. The van der Waals surface area contributed by atoms with E-state index in [1.165, 1.54) is 30.4 Å². The molecule has 1 aromatic heterocycles. The van der Waals surface area contributed by atoms with Crippen LogP contribution in [0.1, 0.15) is 11.4 Å². The van der Waals surface area contributed by atoms with Gasteiger partial charge in [-0.25, -0.2) is 0 Å². The second kappa shape index (κ2) is 10.7. The number of alkyl halides is 2. The number of aromatic nitrogens is 2. The number of aromatic amines is 1. The van der Waals surface area contributed by atoms with E-state index in [1.807, 2.05) is 0 Å². The summed E-state index contributed by atoms with van der Waals surface area (Å²) < 4.78 is 34.6. The number of halogens is 2. The molecule has 0 saturated heterocycles.